The summed E-state index contributed by atoms with van der Waals surface area (Å²) in [6, 6.07) is 6.21. The molecule has 154 valence electrons. The van der Waals surface area contributed by atoms with Gasteiger partial charge in [0.15, 0.2) is 5.65 Å². The Morgan fingerprint density at radius 2 is 1.86 bits per heavy atom. The van der Waals surface area contributed by atoms with Gasteiger partial charge in [-0.15, -0.1) is 0 Å². The number of hydrogen-bond acceptors (Lipinski definition) is 4. The second-order valence-corrected chi connectivity index (χ2v) is 7.01. The van der Waals surface area contributed by atoms with Crippen molar-refractivity contribution in [2.45, 2.75) is 46.8 Å². The Morgan fingerprint density at radius 1 is 1.17 bits per heavy atom. The van der Waals surface area contributed by atoms with Gasteiger partial charge in [0.25, 0.3) is 0 Å². The van der Waals surface area contributed by atoms with E-state index in [2.05, 4.69) is 20.1 Å². The SMILES string of the molecule is Cc1nc2c(c(C)nn2C)c(C)c1CCC(=O)NCc1ccc(OC(F)F)cc1. The van der Waals surface area contributed by atoms with Crippen LogP contribution in [0.5, 0.6) is 5.75 Å². The lowest BCUT2D eigenvalue weighted by atomic mass is 9.99. The summed E-state index contributed by atoms with van der Waals surface area (Å²) in [7, 11) is 1.88. The van der Waals surface area contributed by atoms with Crippen LogP contribution in [0.4, 0.5) is 8.78 Å². The van der Waals surface area contributed by atoms with Crippen LogP contribution in [0, 0.1) is 20.8 Å². The highest BCUT2D eigenvalue weighted by Gasteiger charge is 2.16. The number of alkyl halides is 2. The molecule has 0 radical (unpaired) electrons. The zero-order valence-corrected chi connectivity index (χ0v) is 16.9. The average molecular weight is 402 g/mol. The van der Waals surface area contributed by atoms with Crippen molar-refractivity contribution in [1.29, 1.82) is 0 Å². The van der Waals surface area contributed by atoms with Crippen LogP contribution < -0.4 is 10.1 Å². The van der Waals surface area contributed by atoms with E-state index in [0.717, 1.165) is 39.1 Å². The molecular formula is C21H24F2N4O2. The van der Waals surface area contributed by atoms with Crippen LogP contribution in [0.1, 0.15) is 34.5 Å². The van der Waals surface area contributed by atoms with E-state index >= 15 is 0 Å². The second kappa shape index (κ2) is 8.55. The summed E-state index contributed by atoms with van der Waals surface area (Å²) >= 11 is 0. The molecule has 0 spiro atoms. The number of carbonyl (C=O) groups excluding carboxylic acids is 1. The van der Waals surface area contributed by atoms with Crippen LogP contribution in [0.25, 0.3) is 11.0 Å². The Kier molecular flexibility index (Phi) is 6.10. The molecule has 0 aliphatic rings. The molecule has 1 N–H and O–H groups in total. The summed E-state index contributed by atoms with van der Waals surface area (Å²) in [5.41, 5.74) is 5.67. The lowest BCUT2D eigenvalue weighted by Gasteiger charge is -2.11. The molecule has 3 rings (SSSR count). The third-order valence-corrected chi connectivity index (χ3v) is 4.97. The normalized spacial score (nSPS) is 11.3. The molecule has 2 heterocycles. The molecule has 0 saturated heterocycles. The number of halogens is 2. The Hall–Kier alpha value is -3.03. The van der Waals surface area contributed by atoms with Crippen molar-refractivity contribution in [3.8, 4) is 5.75 Å². The minimum atomic E-state index is -2.85. The fourth-order valence-electron chi connectivity index (χ4n) is 3.55. The summed E-state index contributed by atoms with van der Waals surface area (Å²) in [4.78, 5) is 16.9. The van der Waals surface area contributed by atoms with E-state index in [9.17, 15) is 13.6 Å². The van der Waals surface area contributed by atoms with Gasteiger partial charge in [-0.1, -0.05) is 12.1 Å². The molecule has 0 bridgehead atoms. The molecule has 29 heavy (non-hydrogen) atoms. The van der Waals surface area contributed by atoms with Gasteiger partial charge in [0.2, 0.25) is 5.91 Å². The van der Waals surface area contributed by atoms with Crippen molar-refractivity contribution in [3.05, 3.63) is 52.3 Å². The number of carbonyl (C=O) groups is 1. The van der Waals surface area contributed by atoms with Crippen LogP contribution in [-0.2, 0) is 24.8 Å². The monoisotopic (exact) mass is 402 g/mol. The van der Waals surface area contributed by atoms with Crippen LogP contribution in [0.2, 0.25) is 0 Å². The molecular weight excluding hydrogens is 378 g/mol. The molecule has 1 amide bonds. The molecule has 6 nitrogen and oxygen atoms in total. The van der Waals surface area contributed by atoms with Gasteiger partial charge in [-0.3, -0.25) is 9.48 Å². The first kappa shape index (κ1) is 20.7. The largest absolute Gasteiger partial charge is 0.435 e. The van der Waals surface area contributed by atoms with Gasteiger partial charge in [0.1, 0.15) is 5.75 Å². The third-order valence-electron chi connectivity index (χ3n) is 4.97. The predicted molar refractivity (Wildman–Crippen MR) is 106 cm³/mol. The van der Waals surface area contributed by atoms with Crippen LogP contribution in [0.3, 0.4) is 0 Å². The number of aromatic nitrogens is 3. The highest BCUT2D eigenvalue weighted by atomic mass is 19.3. The van der Waals surface area contributed by atoms with Crippen LogP contribution in [0.15, 0.2) is 24.3 Å². The fourth-order valence-corrected chi connectivity index (χ4v) is 3.55. The predicted octanol–water partition coefficient (Wildman–Crippen LogP) is 3.74. The lowest BCUT2D eigenvalue weighted by Crippen LogP contribution is -2.23. The zero-order valence-electron chi connectivity index (χ0n) is 16.9. The number of benzene rings is 1. The fraction of sp³-hybridized carbons (Fsp3) is 0.381. The van der Waals surface area contributed by atoms with Gasteiger partial charge < -0.3 is 10.1 Å². The van der Waals surface area contributed by atoms with Gasteiger partial charge in [0, 0.05) is 31.1 Å². The Balaban J connectivity index is 1.60. The quantitative estimate of drug-likeness (QED) is 0.654. The summed E-state index contributed by atoms with van der Waals surface area (Å²) in [5.74, 6) is 0.00864. The third kappa shape index (κ3) is 4.70. The summed E-state index contributed by atoms with van der Waals surface area (Å²) in [6.45, 7) is 3.43. The van der Waals surface area contributed by atoms with E-state index in [0.29, 0.717) is 19.4 Å². The number of rotatable bonds is 7. The van der Waals surface area contributed by atoms with E-state index < -0.39 is 6.61 Å². The number of amides is 1. The summed E-state index contributed by atoms with van der Waals surface area (Å²) in [5, 5.41) is 8.34. The average Bonchev–Trinajstić information content (AvgIpc) is 2.94. The van der Waals surface area contributed by atoms with Crippen LogP contribution >= 0.6 is 0 Å². The molecule has 0 unspecified atom stereocenters. The Labute approximate surface area is 167 Å². The molecule has 0 fully saturated rings. The Morgan fingerprint density at radius 3 is 2.52 bits per heavy atom. The van der Waals surface area contributed by atoms with Crippen LogP contribution in [-0.4, -0.2) is 27.3 Å². The highest BCUT2D eigenvalue weighted by Crippen LogP contribution is 2.26. The molecule has 0 aliphatic carbocycles. The Bertz CT molecular complexity index is 1030. The van der Waals surface area contributed by atoms with E-state index in [1.807, 2.05) is 27.8 Å². The number of fused-ring (bicyclic) bond motifs is 1. The standard InChI is InChI=1S/C21H24F2N4O2/c1-12-17(13(2)25-20-19(12)14(3)26-27(20)4)9-10-18(28)24-11-15-5-7-16(8-6-15)29-21(22)23/h5-8,21H,9-11H2,1-4H3,(H,24,28). The maximum absolute atomic E-state index is 12.3. The van der Waals surface area contributed by atoms with Crippen molar-refractivity contribution in [2.75, 3.05) is 0 Å². The molecule has 0 saturated carbocycles. The van der Waals surface area contributed by atoms with E-state index in [1.54, 1.807) is 16.8 Å². The zero-order chi connectivity index (χ0) is 21.1. The van der Waals surface area contributed by atoms with Crippen molar-refractivity contribution in [2.24, 2.45) is 7.05 Å². The second-order valence-electron chi connectivity index (χ2n) is 7.01. The van der Waals surface area contributed by atoms with E-state index in [1.165, 1.54) is 12.1 Å². The minimum Gasteiger partial charge on any atom is -0.435 e. The molecule has 2 aromatic heterocycles. The minimum absolute atomic E-state index is 0.0836. The number of hydrogen-bond donors (Lipinski definition) is 1. The van der Waals surface area contributed by atoms with E-state index in [4.69, 9.17) is 0 Å². The lowest BCUT2D eigenvalue weighted by molar-refractivity contribution is -0.121. The molecule has 1 aromatic carbocycles. The van der Waals surface area contributed by atoms with Crippen molar-refractivity contribution in [1.82, 2.24) is 20.1 Å². The number of aryl methyl sites for hydroxylation is 4. The molecule has 3 aromatic rings. The molecule has 0 aliphatic heterocycles. The summed E-state index contributed by atoms with van der Waals surface area (Å²) in [6.07, 6.45) is 0.919. The maximum Gasteiger partial charge on any atom is 0.387 e. The van der Waals surface area contributed by atoms with Gasteiger partial charge in [-0.2, -0.15) is 13.9 Å². The van der Waals surface area contributed by atoms with Crippen molar-refractivity contribution < 1.29 is 18.3 Å². The van der Waals surface area contributed by atoms with Crippen molar-refractivity contribution >= 4 is 16.9 Å². The summed E-state index contributed by atoms with van der Waals surface area (Å²) < 4.78 is 30.4. The number of nitrogens with one attached hydrogen (secondary N) is 1. The van der Waals surface area contributed by atoms with E-state index in [-0.39, 0.29) is 11.7 Å². The van der Waals surface area contributed by atoms with Gasteiger partial charge in [-0.25, -0.2) is 4.98 Å². The highest BCUT2D eigenvalue weighted by molar-refractivity contribution is 5.84. The first-order valence-corrected chi connectivity index (χ1v) is 9.36. The van der Waals surface area contributed by atoms with Gasteiger partial charge >= 0.3 is 6.61 Å². The smallest absolute Gasteiger partial charge is 0.387 e. The number of nitrogens with zero attached hydrogens (tertiary/aromatic N) is 3. The topological polar surface area (TPSA) is 69.0 Å². The molecule has 8 heteroatoms. The maximum atomic E-state index is 12.3. The first-order valence-electron chi connectivity index (χ1n) is 9.36. The van der Waals surface area contributed by atoms with Gasteiger partial charge in [0.05, 0.1) is 5.69 Å². The molecule has 0 atom stereocenters. The first-order chi connectivity index (χ1) is 13.8. The number of ether oxygens (including phenoxy) is 1. The van der Waals surface area contributed by atoms with Gasteiger partial charge in [-0.05, 0) is 56.0 Å². The number of pyridine rings is 1. The van der Waals surface area contributed by atoms with Crippen molar-refractivity contribution in [3.63, 3.8) is 0 Å².